The molecule has 0 fully saturated rings. The Labute approximate surface area is 81.6 Å². The fourth-order valence-electron chi connectivity index (χ4n) is 1.19. The summed E-state index contributed by atoms with van der Waals surface area (Å²) >= 11 is 0. The van der Waals surface area contributed by atoms with E-state index in [2.05, 4.69) is 14.9 Å². The summed E-state index contributed by atoms with van der Waals surface area (Å²) in [6.45, 7) is 6.77. The van der Waals surface area contributed by atoms with Gasteiger partial charge in [0, 0.05) is 24.4 Å². The van der Waals surface area contributed by atoms with Crippen LogP contribution in [-0.4, -0.2) is 14.8 Å². The lowest BCUT2D eigenvalue weighted by Crippen LogP contribution is -1.84. The van der Waals surface area contributed by atoms with Gasteiger partial charge in [0.15, 0.2) is 0 Å². The molecule has 4 nitrogen and oxygen atoms in total. The first-order valence-corrected chi connectivity index (χ1v) is 4.12. The Morgan fingerprint density at radius 1 is 1.29 bits per heavy atom. The highest BCUT2D eigenvalue weighted by atomic mass is 15.2. The lowest BCUT2D eigenvalue weighted by Gasteiger charge is -1.93. The molecule has 0 aliphatic rings. The number of nitrogens with zero attached hydrogens (tertiary/aromatic N) is 4. The van der Waals surface area contributed by atoms with Crippen molar-refractivity contribution in [1.29, 1.82) is 0 Å². The van der Waals surface area contributed by atoms with E-state index in [-0.39, 0.29) is 0 Å². The molecule has 0 N–H and O–H groups in total. The second-order valence-electron chi connectivity index (χ2n) is 2.92. The molecule has 2 rings (SSSR count). The van der Waals surface area contributed by atoms with Crippen molar-refractivity contribution in [2.24, 2.45) is 7.05 Å². The summed E-state index contributed by atoms with van der Waals surface area (Å²) in [5, 5.41) is 4.06. The average Bonchev–Trinajstić information content (AvgIpc) is 2.65. The zero-order valence-electron chi connectivity index (χ0n) is 7.68. The Morgan fingerprint density at radius 2 is 2.14 bits per heavy atom. The minimum Gasteiger partial charge on any atom is -0.361 e. The van der Waals surface area contributed by atoms with E-state index in [4.69, 9.17) is 6.57 Å². The monoisotopic (exact) mass is 184 g/mol. The van der Waals surface area contributed by atoms with Crippen LogP contribution in [0.25, 0.3) is 16.0 Å². The Kier molecular flexibility index (Phi) is 1.99. The van der Waals surface area contributed by atoms with E-state index < -0.39 is 0 Å². The van der Waals surface area contributed by atoms with E-state index in [1.165, 1.54) is 0 Å². The third-order valence-corrected chi connectivity index (χ3v) is 1.90. The highest BCUT2D eigenvalue weighted by Gasteiger charge is 2.01. The largest absolute Gasteiger partial charge is 0.361 e. The fourth-order valence-corrected chi connectivity index (χ4v) is 1.19. The molecule has 2 aromatic rings. The highest BCUT2D eigenvalue weighted by molar-refractivity contribution is 5.62. The van der Waals surface area contributed by atoms with Crippen LogP contribution in [0.1, 0.15) is 0 Å². The molecular weight excluding hydrogens is 176 g/mol. The van der Waals surface area contributed by atoms with Gasteiger partial charge >= 0.3 is 0 Å². The van der Waals surface area contributed by atoms with Gasteiger partial charge in [-0.05, 0) is 6.07 Å². The minimum atomic E-state index is 0.414. The fraction of sp³-hybridized carbons (Fsp3) is 0.100. The third-order valence-electron chi connectivity index (χ3n) is 1.90. The highest BCUT2D eigenvalue weighted by Crippen LogP contribution is 2.19. The number of pyridine rings is 1. The summed E-state index contributed by atoms with van der Waals surface area (Å²) in [5.74, 6) is 0.414. The van der Waals surface area contributed by atoms with E-state index in [1.807, 2.05) is 19.3 Å². The molecule has 0 aromatic carbocycles. The summed E-state index contributed by atoms with van der Waals surface area (Å²) in [5.41, 5.74) is 1.99. The van der Waals surface area contributed by atoms with E-state index in [0.717, 1.165) is 11.1 Å². The van der Waals surface area contributed by atoms with Crippen molar-refractivity contribution < 1.29 is 0 Å². The van der Waals surface area contributed by atoms with E-state index in [0.29, 0.717) is 5.82 Å². The Hall–Kier alpha value is -2.15. The first-order chi connectivity index (χ1) is 6.79. The number of hydrogen-bond donors (Lipinski definition) is 0. The molecule has 0 aliphatic carbocycles. The second-order valence-corrected chi connectivity index (χ2v) is 2.92. The molecule has 0 atom stereocenters. The van der Waals surface area contributed by atoms with Crippen LogP contribution in [-0.2, 0) is 7.05 Å². The summed E-state index contributed by atoms with van der Waals surface area (Å²) in [7, 11) is 1.87. The predicted octanol–water partition coefficient (Wildman–Crippen LogP) is 2.03. The zero-order valence-corrected chi connectivity index (χ0v) is 7.68. The molecule has 0 saturated carbocycles. The van der Waals surface area contributed by atoms with Gasteiger partial charge in [0.05, 0.1) is 6.20 Å². The molecule has 68 valence electrons. The predicted molar refractivity (Wildman–Crippen MR) is 52.7 cm³/mol. The SMILES string of the molecule is [C-]#[N+]c1ccc(-c2cnn(C)c2)cn1. The molecule has 4 heteroatoms. The molecule has 0 bridgehead atoms. The Bertz CT molecular complexity index is 476. The van der Waals surface area contributed by atoms with Crippen molar-refractivity contribution in [2.75, 3.05) is 0 Å². The summed E-state index contributed by atoms with van der Waals surface area (Å²) < 4.78 is 1.73. The molecule has 0 amide bonds. The van der Waals surface area contributed by atoms with Crippen LogP contribution < -0.4 is 0 Å². The minimum absolute atomic E-state index is 0.414. The average molecular weight is 184 g/mol. The summed E-state index contributed by atoms with van der Waals surface area (Å²) in [6.07, 6.45) is 5.37. The molecule has 0 saturated heterocycles. The van der Waals surface area contributed by atoms with Crippen molar-refractivity contribution in [3.63, 3.8) is 0 Å². The smallest absolute Gasteiger partial charge is 0.269 e. The normalized spacial score (nSPS) is 9.71. The summed E-state index contributed by atoms with van der Waals surface area (Å²) in [4.78, 5) is 7.22. The maximum absolute atomic E-state index is 6.77. The van der Waals surface area contributed by atoms with Crippen LogP contribution >= 0.6 is 0 Å². The van der Waals surface area contributed by atoms with Crippen LogP contribution in [0.3, 0.4) is 0 Å². The third kappa shape index (κ3) is 1.48. The van der Waals surface area contributed by atoms with Gasteiger partial charge in [0.1, 0.15) is 6.20 Å². The van der Waals surface area contributed by atoms with Gasteiger partial charge in [0.25, 0.3) is 5.82 Å². The molecule has 0 unspecified atom stereocenters. The maximum atomic E-state index is 6.77. The van der Waals surface area contributed by atoms with Gasteiger partial charge in [-0.2, -0.15) is 5.10 Å². The maximum Gasteiger partial charge on any atom is 0.269 e. The van der Waals surface area contributed by atoms with Crippen LogP contribution in [0.2, 0.25) is 0 Å². The lowest BCUT2D eigenvalue weighted by molar-refractivity contribution is 0.768. The van der Waals surface area contributed by atoms with Crippen molar-refractivity contribution >= 4 is 5.82 Å². The molecule has 2 heterocycles. The van der Waals surface area contributed by atoms with Crippen LogP contribution in [0.4, 0.5) is 5.82 Å². The first-order valence-electron chi connectivity index (χ1n) is 4.12. The standard InChI is InChI=1S/C10H8N4/c1-11-10-4-3-8(5-12-10)9-6-13-14(2)7-9/h3-7H,2H3. The van der Waals surface area contributed by atoms with Crippen molar-refractivity contribution in [2.45, 2.75) is 0 Å². The Balaban J connectivity index is 2.39. The van der Waals surface area contributed by atoms with Crippen LogP contribution in [0.15, 0.2) is 30.7 Å². The molecule has 0 spiro atoms. The second kappa shape index (κ2) is 3.30. The summed E-state index contributed by atoms with van der Waals surface area (Å²) in [6, 6.07) is 3.58. The molecular formula is C10H8N4. The van der Waals surface area contributed by atoms with Crippen molar-refractivity contribution in [1.82, 2.24) is 14.8 Å². The van der Waals surface area contributed by atoms with Gasteiger partial charge in [-0.25, -0.2) is 0 Å². The molecule has 14 heavy (non-hydrogen) atoms. The van der Waals surface area contributed by atoms with Crippen molar-refractivity contribution in [3.05, 3.63) is 42.1 Å². The van der Waals surface area contributed by atoms with Crippen molar-refractivity contribution in [3.8, 4) is 11.1 Å². The van der Waals surface area contributed by atoms with E-state index in [1.54, 1.807) is 23.1 Å². The molecule has 2 aromatic heterocycles. The van der Waals surface area contributed by atoms with Gasteiger partial charge in [0.2, 0.25) is 0 Å². The van der Waals surface area contributed by atoms with E-state index >= 15 is 0 Å². The van der Waals surface area contributed by atoms with E-state index in [9.17, 15) is 0 Å². The zero-order chi connectivity index (χ0) is 9.97. The molecule has 0 aliphatic heterocycles. The number of hydrogen-bond acceptors (Lipinski definition) is 2. The topological polar surface area (TPSA) is 35.1 Å². The van der Waals surface area contributed by atoms with Gasteiger partial charge in [-0.3, -0.25) is 4.68 Å². The number of rotatable bonds is 1. The first kappa shape index (κ1) is 8.45. The van der Waals surface area contributed by atoms with Gasteiger partial charge in [-0.1, -0.05) is 12.6 Å². The van der Waals surface area contributed by atoms with Crippen LogP contribution in [0.5, 0.6) is 0 Å². The quantitative estimate of drug-likeness (QED) is 0.635. The number of aromatic nitrogens is 3. The molecule has 0 radical (unpaired) electrons. The lowest BCUT2D eigenvalue weighted by atomic mass is 10.2. The van der Waals surface area contributed by atoms with Gasteiger partial charge < -0.3 is 4.85 Å². The Morgan fingerprint density at radius 3 is 2.64 bits per heavy atom. The van der Waals surface area contributed by atoms with Crippen LogP contribution in [0, 0.1) is 6.57 Å². The van der Waals surface area contributed by atoms with Gasteiger partial charge in [-0.15, -0.1) is 4.98 Å². The number of aryl methyl sites for hydroxylation is 1.